The summed E-state index contributed by atoms with van der Waals surface area (Å²) >= 11 is 0. The number of hydrogen-bond donors (Lipinski definition) is 0. The molecule has 0 amide bonds. The number of ether oxygens (including phenoxy) is 1. The Labute approximate surface area is 124 Å². The SMILES string of the molecule is CCOC.Cc1cccc2c1C(=O)c1ccccc1C2=O. The zero-order valence-corrected chi connectivity index (χ0v) is 12.5. The van der Waals surface area contributed by atoms with Gasteiger partial charge in [-0.3, -0.25) is 9.59 Å². The zero-order chi connectivity index (χ0) is 15.4. The number of aryl methyl sites for hydroxylation is 1. The Kier molecular flexibility index (Phi) is 4.66. The molecule has 0 atom stereocenters. The summed E-state index contributed by atoms with van der Waals surface area (Å²) in [5, 5.41) is 0. The highest BCUT2D eigenvalue weighted by molar-refractivity contribution is 6.28. The van der Waals surface area contributed by atoms with Gasteiger partial charge in [-0.2, -0.15) is 0 Å². The van der Waals surface area contributed by atoms with Crippen LogP contribution in [0.5, 0.6) is 0 Å². The van der Waals surface area contributed by atoms with Gasteiger partial charge in [0.2, 0.25) is 0 Å². The number of carbonyl (C=O) groups excluding carboxylic acids is 2. The lowest BCUT2D eigenvalue weighted by Gasteiger charge is -2.18. The van der Waals surface area contributed by atoms with E-state index in [1.807, 2.05) is 26.0 Å². The highest BCUT2D eigenvalue weighted by Crippen LogP contribution is 2.28. The van der Waals surface area contributed by atoms with Gasteiger partial charge < -0.3 is 4.74 Å². The molecule has 2 aromatic carbocycles. The van der Waals surface area contributed by atoms with Crippen molar-refractivity contribution in [3.63, 3.8) is 0 Å². The first-order chi connectivity index (χ1) is 10.1. The van der Waals surface area contributed by atoms with Gasteiger partial charge in [-0.1, -0.05) is 42.5 Å². The minimum Gasteiger partial charge on any atom is -0.385 e. The van der Waals surface area contributed by atoms with Crippen LogP contribution in [-0.2, 0) is 4.74 Å². The van der Waals surface area contributed by atoms with E-state index >= 15 is 0 Å². The quantitative estimate of drug-likeness (QED) is 0.687. The standard InChI is InChI=1S/C15H10O2.C3H8O/c1-9-5-4-8-12-13(9)15(17)11-7-3-2-6-10(11)14(12)16;1-3-4-2/h2-8H,1H3;3H2,1-2H3. The Morgan fingerprint density at radius 3 is 1.95 bits per heavy atom. The highest BCUT2D eigenvalue weighted by atomic mass is 16.5. The molecule has 1 aliphatic rings. The topological polar surface area (TPSA) is 43.4 Å². The molecule has 0 N–H and O–H groups in total. The van der Waals surface area contributed by atoms with Crippen LogP contribution in [0.25, 0.3) is 0 Å². The molecule has 0 fully saturated rings. The molecule has 0 spiro atoms. The zero-order valence-electron chi connectivity index (χ0n) is 12.5. The maximum atomic E-state index is 12.3. The van der Waals surface area contributed by atoms with Crippen LogP contribution in [0.15, 0.2) is 42.5 Å². The summed E-state index contributed by atoms with van der Waals surface area (Å²) in [6.07, 6.45) is 0. The molecule has 2 aromatic rings. The van der Waals surface area contributed by atoms with Gasteiger partial charge in [-0.15, -0.1) is 0 Å². The smallest absolute Gasteiger partial charge is 0.194 e. The second kappa shape index (κ2) is 6.46. The second-order valence-corrected chi connectivity index (χ2v) is 4.78. The Balaban J connectivity index is 0.000000361. The van der Waals surface area contributed by atoms with Crippen molar-refractivity contribution >= 4 is 11.6 Å². The molecule has 1 aliphatic carbocycles. The van der Waals surface area contributed by atoms with Crippen molar-refractivity contribution in [1.29, 1.82) is 0 Å². The summed E-state index contributed by atoms with van der Waals surface area (Å²) in [5.74, 6) is -0.104. The Morgan fingerprint density at radius 1 is 0.857 bits per heavy atom. The van der Waals surface area contributed by atoms with E-state index in [9.17, 15) is 9.59 Å². The minimum atomic E-state index is -0.0566. The van der Waals surface area contributed by atoms with Gasteiger partial charge in [-0.25, -0.2) is 0 Å². The van der Waals surface area contributed by atoms with E-state index in [1.54, 1.807) is 37.4 Å². The van der Waals surface area contributed by atoms with Crippen LogP contribution < -0.4 is 0 Å². The first-order valence-electron chi connectivity index (χ1n) is 6.88. The van der Waals surface area contributed by atoms with Gasteiger partial charge in [0, 0.05) is 36.0 Å². The lowest BCUT2D eigenvalue weighted by Crippen LogP contribution is -2.21. The van der Waals surface area contributed by atoms with E-state index in [4.69, 9.17) is 0 Å². The highest BCUT2D eigenvalue weighted by Gasteiger charge is 2.29. The predicted molar refractivity (Wildman–Crippen MR) is 82.0 cm³/mol. The molecule has 21 heavy (non-hydrogen) atoms. The molecule has 0 bridgehead atoms. The lowest BCUT2D eigenvalue weighted by atomic mass is 9.82. The van der Waals surface area contributed by atoms with E-state index in [0.29, 0.717) is 22.3 Å². The van der Waals surface area contributed by atoms with Crippen LogP contribution in [0.2, 0.25) is 0 Å². The van der Waals surface area contributed by atoms with E-state index in [1.165, 1.54) is 0 Å². The third kappa shape index (κ3) is 2.78. The maximum absolute atomic E-state index is 12.3. The number of carbonyl (C=O) groups is 2. The third-order valence-electron chi connectivity index (χ3n) is 3.45. The van der Waals surface area contributed by atoms with Crippen molar-refractivity contribution in [3.8, 4) is 0 Å². The number of rotatable bonds is 1. The molecule has 0 saturated carbocycles. The molecule has 3 rings (SSSR count). The fraction of sp³-hybridized carbons (Fsp3) is 0.222. The molecule has 0 unspecified atom stereocenters. The van der Waals surface area contributed by atoms with Crippen molar-refractivity contribution in [2.45, 2.75) is 13.8 Å². The Hall–Kier alpha value is -2.26. The van der Waals surface area contributed by atoms with Crippen LogP contribution in [0.3, 0.4) is 0 Å². The molecule has 0 saturated heterocycles. The summed E-state index contributed by atoms with van der Waals surface area (Å²) in [5.41, 5.74) is 2.95. The molecule has 3 nitrogen and oxygen atoms in total. The van der Waals surface area contributed by atoms with Crippen LogP contribution in [0.4, 0.5) is 0 Å². The molecule has 0 heterocycles. The van der Waals surface area contributed by atoms with Gasteiger partial charge in [0.25, 0.3) is 0 Å². The van der Waals surface area contributed by atoms with Crippen molar-refractivity contribution in [2.24, 2.45) is 0 Å². The number of ketones is 2. The van der Waals surface area contributed by atoms with Crippen LogP contribution in [0.1, 0.15) is 44.3 Å². The molecular weight excluding hydrogens is 264 g/mol. The van der Waals surface area contributed by atoms with Gasteiger partial charge in [0.15, 0.2) is 11.6 Å². The van der Waals surface area contributed by atoms with Gasteiger partial charge in [0.1, 0.15) is 0 Å². The summed E-state index contributed by atoms with van der Waals surface area (Å²) in [4.78, 5) is 24.6. The average molecular weight is 282 g/mol. The summed E-state index contributed by atoms with van der Waals surface area (Å²) in [6.45, 7) is 4.64. The fourth-order valence-corrected chi connectivity index (χ4v) is 2.32. The van der Waals surface area contributed by atoms with Crippen molar-refractivity contribution in [3.05, 3.63) is 70.3 Å². The van der Waals surface area contributed by atoms with Crippen LogP contribution >= 0.6 is 0 Å². The van der Waals surface area contributed by atoms with Gasteiger partial charge >= 0.3 is 0 Å². The number of methoxy groups -OCH3 is 1. The summed E-state index contributed by atoms with van der Waals surface area (Å²) in [6, 6.07) is 12.4. The monoisotopic (exact) mass is 282 g/mol. The number of hydrogen-bond acceptors (Lipinski definition) is 3. The lowest BCUT2D eigenvalue weighted by molar-refractivity contribution is 0.0978. The van der Waals surface area contributed by atoms with Gasteiger partial charge in [-0.05, 0) is 19.4 Å². The van der Waals surface area contributed by atoms with E-state index in [0.717, 1.165) is 12.2 Å². The normalized spacial score (nSPS) is 12.1. The molecule has 0 aliphatic heterocycles. The number of fused-ring (bicyclic) bond motifs is 2. The van der Waals surface area contributed by atoms with E-state index < -0.39 is 0 Å². The molecular formula is C18H18O3. The third-order valence-corrected chi connectivity index (χ3v) is 3.45. The van der Waals surface area contributed by atoms with Gasteiger partial charge in [0.05, 0.1) is 0 Å². The minimum absolute atomic E-state index is 0.0479. The number of benzene rings is 2. The molecule has 0 aromatic heterocycles. The van der Waals surface area contributed by atoms with Crippen molar-refractivity contribution in [2.75, 3.05) is 13.7 Å². The van der Waals surface area contributed by atoms with E-state index in [2.05, 4.69) is 4.74 Å². The average Bonchev–Trinajstić information content (AvgIpc) is 2.52. The van der Waals surface area contributed by atoms with Crippen molar-refractivity contribution in [1.82, 2.24) is 0 Å². The fourth-order valence-electron chi connectivity index (χ4n) is 2.32. The molecule has 108 valence electrons. The van der Waals surface area contributed by atoms with Crippen LogP contribution in [-0.4, -0.2) is 25.3 Å². The van der Waals surface area contributed by atoms with E-state index in [-0.39, 0.29) is 11.6 Å². The first kappa shape index (κ1) is 15.1. The molecule has 3 heteroatoms. The largest absolute Gasteiger partial charge is 0.385 e. The second-order valence-electron chi connectivity index (χ2n) is 4.78. The summed E-state index contributed by atoms with van der Waals surface area (Å²) < 4.78 is 4.54. The predicted octanol–water partition coefficient (Wildman–Crippen LogP) is 3.42. The Bertz CT molecular complexity index is 685. The maximum Gasteiger partial charge on any atom is 0.194 e. The van der Waals surface area contributed by atoms with Crippen molar-refractivity contribution < 1.29 is 14.3 Å². The Morgan fingerprint density at radius 2 is 1.38 bits per heavy atom. The first-order valence-corrected chi connectivity index (χ1v) is 6.88. The summed E-state index contributed by atoms with van der Waals surface area (Å²) in [7, 11) is 1.68. The molecule has 0 radical (unpaired) electrons. The van der Waals surface area contributed by atoms with Crippen LogP contribution in [0, 0.1) is 6.92 Å².